The van der Waals surface area contributed by atoms with Crippen molar-refractivity contribution in [2.24, 2.45) is 11.7 Å². The summed E-state index contributed by atoms with van der Waals surface area (Å²) >= 11 is 0. The van der Waals surface area contributed by atoms with E-state index in [0.717, 1.165) is 32.6 Å². The molecule has 1 rings (SSSR count). The lowest BCUT2D eigenvalue weighted by atomic mass is 9.97. The third-order valence-electron chi connectivity index (χ3n) is 3.06. The zero-order chi connectivity index (χ0) is 11.3. The van der Waals surface area contributed by atoms with Gasteiger partial charge in [0.25, 0.3) is 0 Å². The Hall–Kier alpha value is -0.160. The SMILES string of the molecule is CCOCCN(C)CC(O)(CN)C1CC1. The van der Waals surface area contributed by atoms with Gasteiger partial charge >= 0.3 is 0 Å². The first-order valence-corrected chi connectivity index (χ1v) is 5.81. The van der Waals surface area contributed by atoms with E-state index in [0.29, 0.717) is 19.0 Å². The molecule has 1 atom stereocenters. The van der Waals surface area contributed by atoms with Gasteiger partial charge in [-0.3, -0.25) is 0 Å². The van der Waals surface area contributed by atoms with Crippen molar-refractivity contribution in [2.75, 3.05) is 39.9 Å². The number of aliphatic hydroxyl groups is 1. The van der Waals surface area contributed by atoms with Crippen LogP contribution in [0.1, 0.15) is 19.8 Å². The molecule has 3 N–H and O–H groups in total. The van der Waals surface area contributed by atoms with Crippen LogP contribution in [0.25, 0.3) is 0 Å². The summed E-state index contributed by atoms with van der Waals surface area (Å²) in [4.78, 5) is 2.10. The van der Waals surface area contributed by atoms with Crippen molar-refractivity contribution in [3.05, 3.63) is 0 Å². The highest BCUT2D eigenvalue weighted by atomic mass is 16.5. The first kappa shape index (κ1) is 12.9. The highest BCUT2D eigenvalue weighted by molar-refractivity contribution is 4.97. The molecule has 0 amide bonds. The molecule has 0 spiro atoms. The van der Waals surface area contributed by atoms with Crippen LogP contribution in [0.3, 0.4) is 0 Å². The van der Waals surface area contributed by atoms with Gasteiger partial charge in [-0.15, -0.1) is 0 Å². The first-order chi connectivity index (χ1) is 7.12. The monoisotopic (exact) mass is 216 g/mol. The topological polar surface area (TPSA) is 58.7 Å². The highest BCUT2D eigenvalue weighted by Gasteiger charge is 2.43. The van der Waals surface area contributed by atoms with Crippen LogP contribution in [0.5, 0.6) is 0 Å². The summed E-state index contributed by atoms with van der Waals surface area (Å²) < 4.78 is 5.27. The first-order valence-electron chi connectivity index (χ1n) is 5.81. The summed E-state index contributed by atoms with van der Waals surface area (Å²) in [5, 5.41) is 10.3. The smallest absolute Gasteiger partial charge is 0.0923 e. The lowest BCUT2D eigenvalue weighted by molar-refractivity contribution is -0.00769. The van der Waals surface area contributed by atoms with Gasteiger partial charge in [0.15, 0.2) is 0 Å². The van der Waals surface area contributed by atoms with Crippen LogP contribution in [0.2, 0.25) is 0 Å². The van der Waals surface area contributed by atoms with Crippen LogP contribution < -0.4 is 5.73 Å². The van der Waals surface area contributed by atoms with Crippen LogP contribution in [-0.4, -0.2) is 55.5 Å². The second-order valence-corrected chi connectivity index (χ2v) is 4.52. The number of hydrogen-bond donors (Lipinski definition) is 2. The third-order valence-corrected chi connectivity index (χ3v) is 3.06. The Bertz CT molecular complexity index is 185. The van der Waals surface area contributed by atoms with Gasteiger partial charge in [-0.05, 0) is 32.7 Å². The minimum atomic E-state index is -0.680. The predicted molar refractivity (Wildman–Crippen MR) is 60.7 cm³/mol. The molecule has 4 nitrogen and oxygen atoms in total. The van der Waals surface area contributed by atoms with Crippen LogP contribution in [0, 0.1) is 5.92 Å². The zero-order valence-electron chi connectivity index (χ0n) is 9.91. The van der Waals surface area contributed by atoms with Crippen molar-refractivity contribution in [2.45, 2.75) is 25.4 Å². The van der Waals surface area contributed by atoms with Gasteiger partial charge in [0.2, 0.25) is 0 Å². The second kappa shape index (κ2) is 5.80. The summed E-state index contributed by atoms with van der Waals surface area (Å²) in [5.41, 5.74) is 4.96. The number of likely N-dealkylation sites (N-methyl/N-ethyl adjacent to an activating group) is 1. The number of nitrogens with two attached hydrogens (primary N) is 1. The Balaban J connectivity index is 2.24. The number of nitrogens with zero attached hydrogens (tertiary/aromatic N) is 1. The molecule has 0 radical (unpaired) electrons. The molecule has 0 bridgehead atoms. The molecule has 1 saturated carbocycles. The largest absolute Gasteiger partial charge is 0.387 e. The van der Waals surface area contributed by atoms with E-state index in [2.05, 4.69) is 4.90 Å². The summed E-state index contributed by atoms with van der Waals surface area (Å²) in [6.07, 6.45) is 2.24. The molecule has 0 saturated heterocycles. The zero-order valence-corrected chi connectivity index (χ0v) is 9.91. The van der Waals surface area contributed by atoms with Crippen molar-refractivity contribution in [3.8, 4) is 0 Å². The molecule has 0 heterocycles. The van der Waals surface area contributed by atoms with Gasteiger partial charge in [0.05, 0.1) is 12.2 Å². The Morgan fingerprint density at radius 3 is 2.67 bits per heavy atom. The average molecular weight is 216 g/mol. The van der Waals surface area contributed by atoms with Gasteiger partial charge in [0.1, 0.15) is 0 Å². The lowest BCUT2D eigenvalue weighted by Crippen LogP contribution is -2.49. The molecule has 4 heteroatoms. The van der Waals surface area contributed by atoms with Crippen molar-refractivity contribution >= 4 is 0 Å². The Morgan fingerprint density at radius 2 is 2.20 bits per heavy atom. The highest BCUT2D eigenvalue weighted by Crippen LogP contribution is 2.39. The predicted octanol–water partition coefficient (Wildman–Crippen LogP) is 0.0545. The normalized spacial score (nSPS) is 20.6. The van der Waals surface area contributed by atoms with Crippen LogP contribution in [0.4, 0.5) is 0 Å². The summed E-state index contributed by atoms with van der Waals surface area (Å²) in [7, 11) is 2.00. The minimum Gasteiger partial charge on any atom is -0.387 e. The lowest BCUT2D eigenvalue weighted by Gasteiger charge is -2.31. The Kier molecular flexibility index (Phi) is 4.99. The molecule has 0 aliphatic heterocycles. The summed E-state index contributed by atoms with van der Waals surface area (Å²) in [6, 6.07) is 0. The molecule has 1 fully saturated rings. The van der Waals surface area contributed by atoms with Crippen molar-refractivity contribution in [1.82, 2.24) is 4.90 Å². The van der Waals surface area contributed by atoms with Crippen LogP contribution >= 0.6 is 0 Å². The van der Waals surface area contributed by atoms with E-state index in [-0.39, 0.29) is 0 Å². The van der Waals surface area contributed by atoms with E-state index >= 15 is 0 Å². The van der Waals surface area contributed by atoms with Gasteiger partial charge < -0.3 is 20.5 Å². The summed E-state index contributed by atoms with van der Waals surface area (Å²) in [6.45, 7) is 5.32. The third kappa shape index (κ3) is 4.07. The maximum atomic E-state index is 10.3. The van der Waals surface area contributed by atoms with Crippen molar-refractivity contribution in [1.29, 1.82) is 0 Å². The molecule has 1 unspecified atom stereocenters. The van der Waals surface area contributed by atoms with Gasteiger partial charge in [-0.25, -0.2) is 0 Å². The number of hydrogen-bond acceptors (Lipinski definition) is 4. The van der Waals surface area contributed by atoms with E-state index < -0.39 is 5.60 Å². The van der Waals surface area contributed by atoms with Gasteiger partial charge in [-0.1, -0.05) is 0 Å². The Morgan fingerprint density at radius 1 is 1.53 bits per heavy atom. The van der Waals surface area contributed by atoms with Crippen molar-refractivity contribution in [3.63, 3.8) is 0 Å². The summed E-state index contributed by atoms with van der Waals surface area (Å²) in [5.74, 6) is 0.414. The molecule has 0 aromatic carbocycles. The molecule has 1 aliphatic rings. The quantitative estimate of drug-likeness (QED) is 0.563. The fourth-order valence-electron chi connectivity index (χ4n) is 1.89. The van der Waals surface area contributed by atoms with Gasteiger partial charge in [0, 0.05) is 26.2 Å². The van der Waals surface area contributed by atoms with Gasteiger partial charge in [-0.2, -0.15) is 0 Å². The molecule has 90 valence electrons. The standard InChI is InChI=1S/C11H24N2O2/c1-3-15-7-6-13(2)9-11(14,8-12)10-4-5-10/h10,14H,3-9,12H2,1-2H3. The van der Waals surface area contributed by atoms with Crippen LogP contribution in [-0.2, 0) is 4.74 Å². The fraction of sp³-hybridized carbons (Fsp3) is 1.00. The average Bonchev–Trinajstić information content (AvgIpc) is 3.01. The van der Waals surface area contributed by atoms with E-state index in [1.54, 1.807) is 0 Å². The van der Waals surface area contributed by atoms with E-state index in [1.807, 2.05) is 14.0 Å². The maximum Gasteiger partial charge on any atom is 0.0923 e. The van der Waals surface area contributed by atoms with Crippen molar-refractivity contribution < 1.29 is 9.84 Å². The maximum absolute atomic E-state index is 10.3. The molecular formula is C11H24N2O2. The Labute approximate surface area is 92.4 Å². The molecule has 1 aliphatic carbocycles. The fourth-order valence-corrected chi connectivity index (χ4v) is 1.89. The van der Waals surface area contributed by atoms with E-state index in [1.165, 1.54) is 0 Å². The minimum absolute atomic E-state index is 0.358. The number of ether oxygens (including phenoxy) is 1. The van der Waals surface area contributed by atoms with Crippen LogP contribution in [0.15, 0.2) is 0 Å². The molecule has 0 aromatic heterocycles. The second-order valence-electron chi connectivity index (χ2n) is 4.52. The molecule has 0 aromatic rings. The van der Waals surface area contributed by atoms with E-state index in [4.69, 9.17) is 10.5 Å². The van der Waals surface area contributed by atoms with E-state index in [9.17, 15) is 5.11 Å². The number of rotatable bonds is 8. The molecular weight excluding hydrogens is 192 g/mol. The molecule has 15 heavy (non-hydrogen) atoms.